The molecule has 1 aromatic heterocycles. The van der Waals surface area contributed by atoms with Crippen LogP contribution >= 0.6 is 15.9 Å². The fourth-order valence-corrected chi connectivity index (χ4v) is 2.11. The molecule has 0 saturated heterocycles. The number of hydrogen-bond donors (Lipinski definition) is 2. The molecule has 4 nitrogen and oxygen atoms in total. The van der Waals surface area contributed by atoms with Gasteiger partial charge in [-0.1, -0.05) is 0 Å². The number of rotatable bonds is 2. The Bertz CT molecular complexity index is 641. The molecule has 98 valence electrons. The van der Waals surface area contributed by atoms with Crippen LogP contribution in [-0.4, -0.2) is 10.9 Å². The van der Waals surface area contributed by atoms with E-state index in [0.717, 1.165) is 15.6 Å². The van der Waals surface area contributed by atoms with Crippen molar-refractivity contribution in [3.05, 3.63) is 51.6 Å². The second-order valence-corrected chi connectivity index (χ2v) is 5.26. The number of nitrogens with two attached hydrogens (primary N) is 1. The minimum absolute atomic E-state index is 0.193. The van der Waals surface area contributed by atoms with Gasteiger partial charge < -0.3 is 11.1 Å². The highest BCUT2D eigenvalue weighted by molar-refractivity contribution is 9.10. The van der Waals surface area contributed by atoms with Crippen molar-refractivity contribution in [2.75, 3.05) is 11.1 Å². The fourth-order valence-electron chi connectivity index (χ4n) is 1.67. The molecule has 0 atom stereocenters. The maximum Gasteiger partial charge on any atom is 0.256 e. The van der Waals surface area contributed by atoms with Crippen LogP contribution in [0.15, 0.2) is 34.9 Å². The molecule has 0 saturated carbocycles. The van der Waals surface area contributed by atoms with Crippen molar-refractivity contribution in [2.24, 2.45) is 0 Å². The van der Waals surface area contributed by atoms with Gasteiger partial charge >= 0.3 is 0 Å². The van der Waals surface area contributed by atoms with E-state index in [1.165, 1.54) is 0 Å². The van der Waals surface area contributed by atoms with Crippen molar-refractivity contribution in [1.82, 2.24) is 4.98 Å². The van der Waals surface area contributed by atoms with Crippen LogP contribution in [0, 0.1) is 13.8 Å². The number of pyridine rings is 1. The molecule has 2 rings (SSSR count). The number of benzene rings is 1. The van der Waals surface area contributed by atoms with Gasteiger partial charge in [0.25, 0.3) is 5.91 Å². The molecule has 0 radical (unpaired) electrons. The van der Waals surface area contributed by atoms with E-state index in [-0.39, 0.29) is 5.91 Å². The monoisotopic (exact) mass is 319 g/mol. The Labute approximate surface area is 120 Å². The molecule has 0 bridgehead atoms. The molecule has 0 unspecified atom stereocenters. The first-order chi connectivity index (χ1) is 8.97. The van der Waals surface area contributed by atoms with Gasteiger partial charge in [-0.2, -0.15) is 0 Å². The first-order valence-electron chi connectivity index (χ1n) is 5.77. The maximum atomic E-state index is 12.1. The van der Waals surface area contributed by atoms with Crippen molar-refractivity contribution in [3.8, 4) is 0 Å². The summed E-state index contributed by atoms with van der Waals surface area (Å²) in [4.78, 5) is 16.3. The number of nitrogen functional groups attached to an aromatic ring is 1. The Morgan fingerprint density at radius 2 is 2.00 bits per heavy atom. The van der Waals surface area contributed by atoms with Crippen LogP contribution in [0.3, 0.4) is 0 Å². The standard InChI is InChI=1S/C14H14BrN3O/c1-8-5-10(3-4-12(8)16)14(19)18-13-9(2)6-11(15)7-17-13/h3-7H,16H2,1-2H3,(H,17,18,19). The summed E-state index contributed by atoms with van der Waals surface area (Å²) < 4.78 is 0.881. The molecule has 0 aliphatic rings. The number of anilines is 2. The molecule has 3 N–H and O–H groups in total. The molecule has 19 heavy (non-hydrogen) atoms. The summed E-state index contributed by atoms with van der Waals surface area (Å²) in [5, 5.41) is 2.79. The normalized spacial score (nSPS) is 10.3. The molecule has 1 amide bonds. The molecule has 1 aromatic carbocycles. The van der Waals surface area contributed by atoms with E-state index in [4.69, 9.17) is 5.73 Å². The summed E-state index contributed by atoms with van der Waals surface area (Å²) >= 11 is 3.34. The number of halogens is 1. The first kappa shape index (κ1) is 13.5. The highest BCUT2D eigenvalue weighted by Gasteiger charge is 2.09. The zero-order valence-electron chi connectivity index (χ0n) is 10.7. The largest absolute Gasteiger partial charge is 0.399 e. The van der Waals surface area contributed by atoms with E-state index in [1.54, 1.807) is 24.4 Å². The van der Waals surface area contributed by atoms with Gasteiger partial charge in [-0.3, -0.25) is 4.79 Å². The van der Waals surface area contributed by atoms with Crippen LogP contribution in [0.25, 0.3) is 0 Å². The van der Waals surface area contributed by atoms with Crippen LogP contribution < -0.4 is 11.1 Å². The Morgan fingerprint density at radius 1 is 1.26 bits per heavy atom. The number of carbonyl (C=O) groups excluding carboxylic acids is 1. The number of aryl methyl sites for hydroxylation is 2. The van der Waals surface area contributed by atoms with Gasteiger partial charge in [0.1, 0.15) is 5.82 Å². The number of nitrogens with zero attached hydrogens (tertiary/aromatic N) is 1. The number of aromatic nitrogens is 1. The average Bonchev–Trinajstić information content (AvgIpc) is 2.36. The molecular weight excluding hydrogens is 306 g/mol. The molecule has 5 heteroatoms. The highest BCUT2D eigenvalue weighted by Crippen LogP contribution is 2.18. The van der Waals surface area contributed by atoms with E-state index in [9.17, 15) is 4.79 Å². The molecule has 0 aliphatic carbocycles. The van der Waals surface area contributed by atoms with Crippen LogP contribution in [0.2, 0.25) is 0 Å². The van der Waals surface area contributed by atoms with Gasteiger partial charge in [-0.05, 0) is 65.2 Å². The maximum absolute atomic E-state index is 12.1. The number of carbonyl (C=O) groups is 1. The minimum Gasteiger partial charge on any atom is -0.399 e. The summed E-state index contributed by atoms with van der Waals surface area (Å²) in [6.07, 6.45) is 1.65. The minimum atomic E-state index is -0.193. The predicted octanol–water partition coefficient (Wildman–Crippen LogP) is 3.30. The van der Waals surface area contributed by atoms with Gasteiger partial charge in [0.05, 0.1) is 0 Å². The van der Waals surface area contributed by atoms with E-state index >= 15 is 0 Å². The van der Waals surface area contributed by atoms with Gasteiger partial charge in [0.15, 0.2) is 0 Å². The van der Waals surface area contributed by atoms with Crippen LogP contribution in [0.5, 0.6) is 0 Å². The average molecular weight is 320 g/mol. The number of nitrogens with one attached hydrogen (secondary N) is 1. The lowest BCUT2D eigenvalue weighted by atomic mass is 10.1. The zero-order chi connectivity index (χ0) is 14.0. The molecular formula is C14H14BrN3O. The molecule has 2 aromatic rings. The second kappa shape index (κ2) is 5.40. The molecule has 0 aliphatic heterocycles. The van der Waals surface area contributed by atoms with Gasteiger partial charge in [-0.15, -0.1) is 0 Å². The van der Waals surface area contributed by atoms with Crippen molar-refractivity contribution >= 4 is 33.3 Å². The van der Waals surface area contributed by atoms with E-state index in [0.29, 0.717) is 17.1 Å². The van der Waals surface area contributed by atoms with Crippen molar-refractivity contribution < 1.29 is 4.79 Å². The first-order valence-corrected chi connectivity index (χ1v) is 6.56. The summed E-state index contributed by atoms with van der Waals surface area (Å²) in [5.41, 5.74) is 8.75. The third-order valence-electron chi connectivity index (χ3n) is 2.81. The Morgan fingerprint density at radius 3 is 2.63 bits per heavy atom. The van der Waals surface area contributed by atoms with Gasteiger partial charge in [-0.25, -0.2) is 4.98 Å². The summed E-state index contributed by atoms with van der Waals surface area (Å²) in [6, 6.07) is 7.09. The van der Waals surface area contributed by atoms with E-state index in [1.807, 2.05) is 19.9 Å². The smallest absolute Gasteiger partial charge is 0.256 e. The lowest BCUT2D eigenvalue weighted by molar-refractivity contribution is 0.102. The van der Waals surface area contributed by atoms with Crippen LogP contribution in [0.4, 0.5) is 11.5 Å². The Balaban J connectivity index is 2.23. The lowest BCUT2D eigenvalue weighted by Crippen LogP contribution is -2.14. The van der Waals surface area contributed by atoms with Crippen molar-refractivity contribution in [3.63, 3.8) is 0 Å². The summed E-state index contributed by atoms with van der Waals surface area (Å²) in [5.74, 6) is 0.365. The number of amides is 1. The van der Waals surface area contributed by atoms with Crippen molar-refractivity contribution in [2.45, 2.75) is 13.8 Å². The van der Waals surface area contributed by atoms with Gasteiger partial charge in [0, 0.05) is 21.9 Å². The number of hydrogen-bond acceptors (Lipinski definition) is 3. The van der Waals surface area contributed by atoms with Gasteiger partial charge in [0.2, 0.25) is 0 Å². The molecule has 0 spiro atoms. The van der Waals surface area contributed by atoms with Crippen LogP contribution in [-0.2, 0) is 0 Å². The zero-order valence-corrected chi connectivity index (χ0v) is 12.3. The lowest BCUT2D eigenvalue weighted by Gasteiger charge is -2.08. The fraction of sp³-hybridized carbons (Fsp3) is 0.143. The Hall–Kier alpha value is -1.88. The highest BCUT2D eigenvalue weighted by atomic mass is 79.9. The van der Waals surface area contributed by atoms with E-state index in [2.05, 4.69) is 26.2 Å². The quantitative estimate of drug-likeness (QED) is 0.834. The predicted molar refractivity (Wildman–Crippen MR) is 80.2 cm³/mol. The van der Waals surface area contributed by atoms with Crippen molar-refractivity contribution in [1.29, 1.82) is 0 Å². The van der Waals surface area contributed by atoms with Crippen LogP contribution in [0.1, 0.15) is 21.5 Å². The second-order valence-electron chi connectivity index (χ2n) is 4.34. The topological polar surface area (TPSA) is 68.0 Å². The SMILES string of the molecule is Cc1cc(C(=O)Nc2ncc(Br)cc2C)ccc1N. The van der Waals surface area contributed by atoms with E-state index < -0.39 is 0 Å². The molecule has 1 heterocycles. The summed E-state index contributed by atoms with van der Waals surface area (Å²) in [6.45, 7) is 3.76. The summed E-state index contributed by atoms with van der Waals surface area (Å²) in [7, 11) is 0. The third-order valence-corrected chi connectivity index (χ3v) is 3.24. The Kier molecular flexibility index (Phi) is 3.85. The third kappa shape index (κ3) is 3.12. The molecule has 0 fully saturated rings.